The first-order valence-corrected chi connectivity index (χ1v) is 13.9. The number of benzene rings is 3. The van der Waals surface area contributed by atoms with Crippen molar-refractivity contribution in [1.29, 1.82) is 0 Å². The molecule has 6 rings (SSSR count). The number of rotatable bonds is 4. The fourth-order valence-electron chi connectivity index (χ4n) is 4.74. The summed E-state index contributed by atoms with van der Waals surface area (Å²) in [5, 5.41) is 3.11. The number of carbonyl (C=O) groups excluding carboxylic acids is 2. The maximum Gasteiger partial charge on any atom is 0.332 e. The number of ether oxygens (including phenoxy) is 5. The number of anilines is 2. The van der Waals surface area contributed by atoms with Gasteiger partial charge in [0.1, 0.15) is 24.8 Å². The average Bonchev–Trinajstić information content (AvgIpc) is 3.40. The van der Waals surface area contributed by atoms with E-state index in [1.165, 1.54) is 47.5 Å². The zero-order valence-corrected chi connectivity index (χ0v) is 23.5. The minimum atomic E-state index is -0.739. The molecule has 2 aliphatic heterocycles. The lowest BCUT2D eigenvalue weighted by molar-refractivity contribution is 0.0224. The van der Waals surface area contributed by atoms with Crippen LogP contribution < -0.4 is 24.4 Å². The van der Waals surface area contributed by atoms with Gasteiger partial charge in [0.05, 0.1) is 38.5 Å². The summed E-state index contributed by atoms with van der Waals surface area (Å²) in [6.07, 6.45) is 1.53. The summed E-state index contributed by atoms with van der Waals surface area (Å²) in [7, 11) is 0. The van der Waals surface area contributed by atoms with E-state index in [1.54, 1.807) is 18.2 Å². The van der Waals surface area contributed by atoms with Crippen LogP contribution in [0.25, 0.3) is 10.9 Å². The minimum Gasteiger partial charge on any atom is -0.487 e. The number of urea groups is 2. The summed E-state index contributed by atoms with van der Waals surface area (Å²) in [6, 6.07) is 13.1. The third-order valence-corrected chi connectivity index (χ3v) is 6.91. The van der Waals surface area contributed by atoms with E-state index in [-0.39, 0.29) is 32.6 Å². The molecular formula is C31H30F2N4O7. The van der Waals surface area contributed by atoms with Crippen LogP contribution in [0.1, 0.15) is 1.43 Å². The van der Waals surface area contributed by atoms with Crippen LogP contribution in [0.5, 0.6) is 23.0 Å². The van der Waals surface area contributed by atoms with Gasteiger partial charge >= 0.3 is 12.1 Å². The van der Waals surface area contributed by atoms with Crippen molar-refractivity contribution in [2.24, 2.45) is 0 Å². The maximum atomic E-state index is 15.2. The number of amides is 4. The smallest absolute Gasteiger partial charge is 0.332 e. The Labute approximate surface area is 252 Å². The average molecular weight is 609 g/mol. The summed E-state index contributed by atoms with van der Waals surface area (Å²) in [6.45, 7) is 2.62. The number of imide groups is 1. The van der Waals surface area contributed by atoms with Gasteiger partial charge in [-0.3, -0.25) is 9.88 Å². The number of fused-ring (bicyclic) bond motifs is 2. The van der Waals surface area contributed by atoms with Crippen molar-refractivity contribution in [3.63, 3.8) is 0 Å². The van der Waals surface area contributed by atoms with Crippen LogP contribution in [-0.2, 0) is 9.47 Å². The standard InChI is InChI=1S/C31H28F2N4O7.H2/c32-20-1-4-22(5-2-20)36-9-10-37(31(36)39)30(38)35-21-3-6-27(24(33)17-21)44-26-7-8-34-25-19-29-28(18-23(25)26)42-15-13-40-11-12-41-14-16-43-29;/h1-8,17-19H,9-16H2,(H,35,38);1H. The Kier molecular flexibility index (Phi) is 8.66. The van der Waals surface area contributed by atoms with E-state index in [0.717, 1.165) is 11.0 Å². The lowest BCUT2D eigenvalue weighted by atomic mass is 10.1. The largest absolute Gasteiger partial charge is 0.487 e. The van der Waals surface area contributed by atoms with E-state index >= 15 is 4.39 Å². The number of hydrogen-bond acceptors (Lipinski definition) is 8. The normalized spacial score (nSPS) is 15.9. The van der Waals surface area contributed by atoms with Crippen molar-refractivity contribution in [3.05, 3.63) is 78.5 Å². The highest BCUT2D eigenvalue weighted by atomic mass is 19.1. The van der Waals surface area contributed by atoms with Crippen LogP contribution in [0.3, 0.4) is 0 Å². The molecular weight excluding hydrogens is 578 g/mol. The number of nitrogens with zero attached hydrogens (tertiary/aromatic N) is 3. The molecule has 0 aliphatic carbocycles. The van der Waals surface area contributed by atoms with E-state index in [2.05, 4.69) is 10.3 Å². The van der Waals surface area contributed by atoms with Crippen molar-refractivity contribution in [2.75, 3.05) is 62.9 Å². The van der Waals surface area contributed by atoms with E-state index in [0.29, 0.717) is 66.9 Å². The van der Waals surface area contributed by atoms with Gasteiger partial charge in [0.25, 0.3) is 0 Å². The first-order chi connectivity index (χ1) is 21.5. The molecule has 0 saturated carbocycles. The molecule has 1 fully saturated rings. The van der Waals surface area contributed by atoms with Crippen LogP contribution in [-0.4, -0.2) is 74.7 Å². The van der Waals surface area contributed by atoms with Gasteiger partial charge in [-0.05, 0) is 48.5 Å². The van der Waals surface area contributed by atoms with Crippen molar-refractivity contribution < 1.29 is 43.5 Å². The molecule has 230 valence electrons. The molecule has 1 saturated heterocycles. The summed E-state index contributed by atoms with van der Waals surface area (Å²) >= 11 is 0. The molecule has 4 aromatic rings. The fourth-order valence-corrected chi connectivity index (χ4v) is 4.74. The molecule has 0 bridgehead atoms. The van der Waals surface area contributed by atoms with Crippen molar-refractivity contribution >= 4 is 34.3 Å². The molecule has 1 aromatic heterocycles. The quantitative estimate of drug-likeness (QED) is 0.308. The molecule has 0 atom stereocenters. The van der Waals surface area contributed by atoms with Gasteiger partial charge in [0, 0.05) is 43.1 Å². The molecule has 3 aromatic carbocycles. The number of carbonyl (C=O) groups is 2. The van der Waals surface area contributed by atoms with Crippen LogP contribution in [0.4, 0.5) is 29.7 Å². The second-order valence-electron chi connectivity index (χ2n) is 9.79. The highest BCUT2D eigenvalue weighted by Crippen LogP contribution is 2.38. The Bertz CT molecular complexity index is 1680. The van der Waals surface area contributed by atoms with Gasteiger partial charge in [-0.1, -0.05) is 0 Å². The molecule has 0 radical (unpaired) electrons. The molecule has 3 heterocycles. The Hall–Kier alpha value is -5.01. The molecule has 0 unspecified atom stereocenters. The number of halogens is 2. The monoisotopic (exact) mass is 608 g/mol. The second kappa shape index (κ2) is 13.1. The van der Waals surface area contributed by atoms with E-state index < -0.39 is 23.7 Å². The van der Waals surface area contributed by atoms with Crippen LogP contribution in [0.2, 0.25) is 0 Å². The zero-order valence-electron chi connectivity index (χ0n) is 23.5. The lowest BCUT2D eigenvalue weighted by Crippen LogP contribution is -2.39. The van der Waals surface area contributed by atoms with Gasteiger partial charge in [-0.15, -0.1) is 0 Å². The molecule has 2 aliphatic rings. The first kappa shape index (κ1) is 29.1. The molecule has 11 nitrogen and oxygen atoms in total. The maximum absolute atomic E-state index is 15.2. The van der Waals surface area contributed by atoms with Gasteiger partial charge < -0.3 is 29.0 Å². The number of nitrogens with one attached hydrogen (secondary N) is 1. The van der Waals surface area contributed by atoms with Gasteiger partial charge in [-0.25, -0.2) is 23.3 Å². The van der Waals surface area contributed by atoms with E-state index in [9.17, 15) is 14.0 Å². The molecule has 44 heavy (non-hydrogen) atoms. The fraction of sp³-hybridized carbons (Fsp3) is 0.258. The summed E-state index contributed by atoms with van der Waals surface area (Å²) < 4.78 is 57.1. The highest BCUT2D eigenvalue weighted by Gasteiger charge is 2.34. The summed E-state index contributed by atoms with van der Waals surface area (Å²) in [4.78, 5) is 32.4. The van der Waals surface area contributed by atoms with E-state index in [4.69, 9.17) is 23.7 Å². The lowest BCUT2D eigenvalue weighted by Gasteiger charge is -2.18. The Morgan fingerprint density at radius 1 is 0.841 bits per heavy atom. The third kappa shape index (κ3) is 6.48. The Balaban J connectivity index is 0.00000400. The van der Waals surface area contributed by atoms with Crippen LogP contribution in [0.15, 0.2) is 66.9 Å². The molecule has 1 N–H and O–H groups in total. The molecule has 0 spiro atoms. The number of hydrogen-bond donors (Lipinski definition) is 1. The highest BCUT2D eigenvalue weighted by molar-refractivity contribution is 6.08. The van der Waals surface area contributed by atoms with Crippen LogP contribution >= 0.6 is 0 Å². The van der Waals surface area contributed by atoms with Gasteiger partial charge in [-0.2, -0.15) is 0 Å². The Morgan fingerprint density at radius 2 is 1.55 bits per heavy atom. The molecule has 4 amide bonds. The van der Waals surface area contributed by atoms with Crippen molar-refractivity contribution in [3.8, 4) is 23.0 Å². The van der Waals surface area contributed by atoms with Crippen molar-refractivity contribution in [2.45, 2.75) is 0 Å². The third-order valence-electron chi connectivity index (χ3n) is 6.91. The van der Waals surface area contributed by atoms with E-state index in [1.807, 2.05) is 0 Å². The predicted octanol–water partition coefficient (Wildman–Crippen LogP) is 5.83. The second-order valence-corrected chi connectivity index (χ2v) is 9.79. The van der Waals surface area contributed by atoms with Crippen molar-refractivity contribution in [1.82, 2.24) is 9.88 Å². The SMILES string of the molecule is O=C(Nc1ccc(Oc2ccnc3cc4c(cc23)OCCOCCOCCO4)c(F)c1)N1CCN(c2ccc(F)cc2)C1=O.[HH]. The van der Waals surface area contributed by atoms with Crippen LogP contribution in [0, 0.1) is 11.6 Å². The summed E-state index contributed by atoms with van der Waals surface area (Å²) in [5.74, 6) is -0.00592. The summed E-state index contributed by atoms with van der Waals surface area (Å²) in [5.41, 5.74) is 1.14. The van der Waals surface area contributed by atoms with Gasteiger partial charge in [0.15, 0.2) is 23.1 Å². The Morgan fingerprint density at radius 3 is 2.27 bits per heavy atom. The zero-order chi connectivity index (χ0) is 30.5. The minimum absolute atomic E-state index is 0. The van der Waals surface area contributed by atoms with Gasteiger partial charge in [0.2, 0.25) is 0 Å². The molecule has 13 heteroatoms. The predicted molar refractivity (Wildman–Crippen MR) is 158 cm³/mol. The number of aromatic nitrogens is 1. The topological polar surface area (TPSA) is 112 Å². The first-order valence-electron chi connectivity index (χ1n) is 13.9. The number of pyridine rings is 1.